The van der Waals surface area contributed by atoms with Crippen LogP contribution in [0.2, 0.25) is 0 Å². The average Bonchev–Trinajstić information content (AvgIpc) is 2.91. The summed E-state index contributed by atoms with van der Waals surface area (Å²) < 4.78 is 40.0. The van der Waals surface area contributed by atoms with Crippen molar-refractivity contribution >= 4 is 18.3 Å². The molecule has 1 saturated carbocycles. The molecule has 1 fully saturated rings. The molecule has 1 aliphatic rings. The van der Waals surface area contributed by atoms with Crippen molar-refractivity contribution in [3.63, 3.8) is 0 Å². The number of hydrogen-bond donors (Lipinski definition) is 2. The van der Waals surface area contributed by atoms with Crippen LogP contribution < -0.4 is 10.6 Å². The number of halogens is 4. The van der Waals surface area contributed by atoms with E-state index in [0.29, 0.717) is 6.42 Å². The molecular formula is C15H24ClF3N4O. The number of carbonyl (C=O) groups is 1. The number of aromatic nitrogens is 2. The zero-order valence-corrected chi connectivity index (χ0v) is 14.6. The first-order valence-electron chi connectivity index (χ1n) is 7.81. The van der Waals surface area contributed by atoms with Gasteiger partial charge in [-0.15, -0.1) is 12.4 Å². The molecule has 1 aromatic heterocycles. The predicted molar refractivity (Wildman–Crippen MR) is 86.8 cm³/mol. The van der Waals surface area contributed by atoms with Crippen molar-refractivity contribution in [2.75, 3.05) is 13.6 Å². The highest BCUT2D eigenvalue weighted by molar-refractivity contribution is 5.85. The van der Waals surface area contributed by atoms with Crippen LogP contribution in [0.25, 0.3) is 0 Å². The SMILES string of the molecule is CNC(C(=O)NCC1CCCC(C(F)(F)F)C1)c1cnn(C)c1.Cl. The third kappa shape index (κ3) is 5.37. The zero-order chi connectivity index (χ0) is 17.0. The molecule has 2 N–H and O–H groups in total. The number of nitrogens with zero attached hydrogens (tertiary/aromatic N) is 2. The highest BCUT2D eigenvalue weighted by Crippen LogP contribution is 2.39. The van der Waals surface area contributed by atoms with Gasteiger partial charge >= 0.3 is 6.18 Å². The van der Waals surface area contributed by atoms with Crippen molar-refractivity contribution in [2.45, 2.75) is 37.9 Å². The Morgan fingerprint density at radius 1 is 1.46 bits per heavy atom. The van der Waals surface area contributed by atoms with Gasteiger partial charge in [-0.05, 0) is 32.2 Å². The molecule has 5 nitrogen and oxygen atoms in total. The lowest BCUT2D eigenvalue weighted by molar-refractivity contribution is -0.185. The van der Waals surface area contributed by atoms with Gasteiger partial charge in [0.05, 0.1) is 12.1 Å². The van der Waals surface area contributed by atoms with E-state index in [4.69, 9.17) is 0 Å². The number of alkyl halides is 3. The molecule has 138 valence electrons. The van der Waals surface area contributed by atoms with Gasteiger partial charge in [0.15, 0.2) is 0 Å². The maximum absolute atomic E-state index is 12.8. The van der Waals surface area contributed by atoms with E-state index in [-0.39, 0.29) is 43.6 Å². The van der Waals surface area contributed by atoms with E-state index in [1.807, 2.05) is 0 Å². The van der Waals surface area contributed by atoms with Crippen LogP contribution in [0.5, 0.6) is 0 Å². The minimum Gasteiger partial charge on any atom is -0.354 e. The molecule has 1 aliphatic carbocycles. The lowest BCUT2D eigenvalue weighted by Gasteiger charge is -2.30. The Bertz CT molecular complexity index is 535. The number of aryl methyl sites for hydroxylation is 1. The number of amides is 1. The molecule has 24 heavy (non-hydrogen) atoms. The Kier molecular flexibility index (Phi) is 7.54. The maximum atomic E-state index is 12.8. The molecule has 1 amide bonds. The molecule has 3 atom stereocenters. The third-order valence-corrected chi connectivity index (χ3v) is 4.42. The first-order chi connectivity index (χ1) is 10.8. The van der Waals surface area contributed by atoms with Crippen molar-refractivity contribution in [2.24, 2.45) is 18.9 Å². The van der Waals surface area contributed by atoms with Crippen LogP contribution in [0.3, 0.4) is 0 Å². The third-order valence-electron chi connectivity index (χ3n) is 4.42. The molecule has 0 spiro atoms. The average molecular weight is 369 g/mol. The normalized spacial score (nSPS) is 22.5. The van der Waals surface area contributed by atoms with E-state index in [1.165, 1.54) is 0 Å². The van der Waals surface area contributed by atoms with Gasteiger partial charge in [-0.1, -0.05) is 6.42 Å². The summed E-state index contributed by atoms with van der Waals surface area (Å²) >= 11 is 0. The summed E-state index contributed by atoms with van der Waals surface area (Å²) in [6.45, 7) is 0.282. The van der Waals surface area contributed by atoms with Crippen LogP contribution in [0.4, 0.5) is 13.2 Å². The number of hydrogen-bond acceptors (Lipinski definition) is 3. The van der Waals surface area contributed by atoms with Crippen molar-refractivity contribution in [1.82, 2.24) is 20.4 Å². The quantitative estimate of drug-likeness (QED) is 0.839. The predicted octanol–water partition coefficient (Wildman–Crippen LogP) is 2.59. The minimum atomic E-state index is -4.13. The molecule has 0 radical (unpaired) electrons. The van der Waals surface area contributed by atoms with Gasteiger partial charge in [0.2, 0.25) is 5.91 Å². The summed E-state index contributed by atoms with van der Waals surface area (Å²) in [6, 6.07) is -0.550. The summed E-state index contributed by atoms with van der Waals surface area (Å²) in [5.41, 5.74) is 0.726. The summed E-state index contributed by atoms with van der Waals surface area (Å²) in [5.74, 6) is -1.60. The monoisotopic (exact) mass is 368 g/mol. The highest BCUT2D eigenvalue weighted by atomic mass is 35.5. The summed E-state index contributed by atoms with van der Waals surface area (Å²) in [7, 11) is 3.42. The molecular weight excluding hydrogens is 345 g/mol. The lowest BCUT2D eigenvalue weighted by atomic mass is 9.81. The summed E-state index contributed by atoms with van der Waals surface area (Å²) in [4.78, 5) is 12.3. The Morgan fingerprint density at radius 2 is 2.17 bits per heavy atom. The molecule has 0 aromatic carbocycles. The topological polar surface area (TPSA) is 59.0 Å². The fourth-order valence-electron chi connectivity index (χ4n) is 3.16. The van der Waals surface area contributed by atoms with Crippen LogP contribution in [0.15, 0.2) is 12.4 Å². The van der Waals surface area contributed by atoms with Crippen LogP contribution >= 0.6 is 12.4 Å². The molecule has 0 bridgehead atoms. The van der Waals surface area contributed by atoms with Gasteiger partial charge in [0, 0.05) is 25.4 Å². The Hall–Kier alpha value is -1.28. The molecule has 1 aromatic rings. The Morgan fingerprint density at radius 3 is 2.71 bits per heavy atom. The summed E-state index contributed by atoms with van der Waals surface area (Å²) in [5, 5.41) is 9.71. The first-order valence-corrected chi connectivity index (χ1v) is 7.81. The van der Waals surface area contributed by atoms with Crippen molar-refractivity contribution < 1.29 is 18.0 Å². The highest BCUT2D eigenvalue weighted by Gasteiger charge is 2.42. The van der Waals surface area contributed by atoms with Crippen molar-refractivity contribution in [3.8, 4) is 0 Å². The number of carbonyl (C=O) groups excluding carboxylic acids is 1. The lowest BCUT2D eigenvalue weighted by Crippen LogP contribution is -2.40. The van der Waals surface area contributed by atoms with Gasteiger partial charge in [0.25, 0.3) is 0 Å². The van der Waals surface area contributed by atoms with Gasteiger partial charge in [0.1, 0.15) is 6.04 Å². The van der Waals surface area contributed by atoms with E-state index in [1.54, 1.807) is 31.2 Å². The molecule has 3 unspecified atom stereocenters. The minimum absolute atomic E-state index is 0. The van der Waals surface area contributed by atoms with E-state index in [9.17, 15) is 18.0 Å². The van der Waals surface area contributed by atoms with Gasteiger partial charge in [-0.25, -0.2) is 0 Å². The zero-order valence-electron chi connectivity index (χ0n) is 13.8. The van der Waals surface area contributed by atoms with Crippen LogP contribution in [0.1, 0.15) is 37.3 Å². The van der Waals surface area contributed by atoms with E-state index in [0.717, 1.165) is 12.0 Å². The Labute approximate surface area is 145 Å². The largest absolute Gasteiger partial charge is 0.391 e. The molecule has 1 heterocycles. The van der Waals surface area contributed by atoms with Gasteiger partial charge < -0.3 is 10.6 Å². The molecule has 9 heteroatoms. The van der Waals surface area contributed by atoms with Crippen LogP contribution in [0, 0.1) is 11.8 Å². The Balaban J connectivity index is 0.00000288. The molecule has 0 aliphatic heterocycles. The number of nitrogens with one attached hydrogen (secondary N) is 2. The molecule has 2 rings (SSSR count). The fraction of sp³-hybridized carbons (Fsp3) is 0.733. The smallest absolute Gasteiger partial charge is 0.354 e. The fourth-order valence-corrected chi connectivity index (χ4v) is 3.16. The standard InChI is InChI=1S/C15H23F3N4O.ClH/c1-19-13(11-8-21-22(2)9-11)14(23)20-7-10-4-3-5-12(6-10)15(16,17)18;/h8-10,12-13,19H,3-7H2,1-2H3,(H,20,23);1H. The maximum Gasteiger partial charge on any atom is 0.391 e. The van der Waals surface area contributed by atoms with Crippen LogP contribution in [-0.2, 0) is 11.8 Å². The number of rotatable bonds is 5. The van der Waals surface area contributed by atoms with Crippen molar-refractivity contribution in [1.29, 1.82) is 0 Å². The van der Waals surface area contributed by atoms with Crippen molar-refractivity contribution in [3.05, 3.63) is 18.0 Å². The van der Waals surface area contributed by atoms with Gasteiger partial charge in [-0.3, -0.25) is 9.48 Å². The van der Waals surface area contributed by atoms with Crippen LogP contribution in [-0.4, -0.2) is 35.5 Å². The first kappa shape index (κ1) is 20.8. The molecule has 0 saturated heterocycles. The second kappa shape index (κ2) is 8.71. The van der Waals surface area contributed by atoms with E-state index in [2.05, 4.69) is 15.7 Å². The summed E-state index contributed by atoms with van der Waals surface area (Å²) in [6.07, 6.45) is 0.782. The second-order valence-electron chi connectivity index (χ2n) is 6.19. The van der Waals surface area contributed by atoms with Gasteiger partial charge in [-0.2, -0.15) is 18.3 Å². The number of likely N-dealkylation sites (N-methyl/N-ethyl adjacent to an activating group) is 1. The second-order valence-corrected chi connectivity index (χ2v) is 6.19. The van der Waals surface area contributed by atoms with E-state index >= 15 is 0 Å². The van der Waals surface area contributed by atoms with E-state index < -0.39 is 18.1 Å².